The van der Waals surface area contributed by atoms with Crippen LogP contribution in [0.25, 0.3) is 0 Å². The molecule has 1 fully saturated rings. The molecule has 1 aliphatic heterocycles. The van der Waals surface area contributed by atoms with Gasteiger partial charge in [-0.1, -0.05) is 27.2 Å². The predicted molar refractivity (Wildman–Crippen MR) is 81.2 cm³/mol. The molecule has 3 unspecified atom stereocenters. The number of sulfone groups is 1. The second-order valence-corrected chi connectivity index (χ2v) is 8.29. The summed E-state index contributed by atoms with van der Waals surface area (Å²) in [5, 5.41) is 3.61. The lowest BCUT2D eigenvalue weighted by atomic mass is 9.99. The quantitative estimate of drug-likeness (QED) is 0.806. The minimum Gasteiger partial charge on any atom is -0.312 e. The first-order valence-electron chi connectivity index (χ1n) is 7.57. The molecule has 0 aliphatic carbocycles. The smallest absolute Gasteiger partial charge is 0.151 e. The molecular weight excluding hydrogens is 260 g/mol. The fourth-order valence-corrected chi connectivity index (χ4v) is 3.34. The fourth-order valence-electron chi connectivity index (χ4n) is 2.54. The van der Waals surface area contributed by atoms with Crippen LogP contribution in [-0.4, -0.2) is 56.5 Å². The number of nitrogens with zero attached hydrogens (tertiary/aromatic N) is 1. The number of nitrogens with one attached hydrogen (secondary N) is 1. The molecule has 0 aromatic carbocycles. The van der Waals surface area contributed by atoms with Crippen molar-refractivity contribution in [2.45, 2.75) is 52.6 Å². The molecule has 0 amide bonds. The van der Waals surface area contributed by atoms with Crippen LogP contribution in [0.15, 0.2) is 0 Å². The molecule has 19 heavy (non-hydrogen) atoms. The summed E-state index contributed by atoms with van der Waals surface area (Å²) < 4.78 is 23.3. The van der Waals surface area contributed by atoms with Gasteiger partial charge in [-0.25, -0.2) is 8.42 Å². The lowest BCUT2D eigenvalue weighted by Crippen LogP contribution is -2.45. The van der Waals surface area contributed by atoms with E-state index in [4.69, 9.17) is 0 Å². The molecule has 0 aromatic heterocycles. The highest BCUT2D eigenvalue weighted by Gasteiger charge is 2.26. The van der Waals surface area contributed by atoms with Crippen molar-refractivity contribution in [2.24, 2.45) is 5.92 Å². The Labute approximate surface area is 118 Å². The van der Waals surface area contributed by atoms with Crippen molar-refractivity contribution < 1.29 is 8.42 Å². The summed E-state index contributed by atoms with van der Waals surface area (Å²) in [6, 6.07) is 0.952. The lowest BCUT2D eigenvalue weighted by molar-refractivity contribution is 0.198. The second kappa shape index (κ2) is 7.60. The highest BCUT2D eigenvalue weighted by atomic mass is 32.2. The van der Waals surface area contributed by atoms with E-state index in [1.165, 1.54) is 0 Å². The van der Waals surface area contributed by atoms with E-state index in [0.717, 1.165) is 25.9 Å². The third kappa shape index (κ3) is 5.40. The normalized spacial score (nSPS) is 28.0. The van der Waals surface area contributed by atoms with Gasteiger partial charge in [0.15, 0.2) is 9.84 Å². The maximum absolute atomic E-state index is 11.7. The van der Waals surface area contributed by atoms with Crippen LogP contribution in [0.5, 0.6) is 0 Å². The van der Waals surface area contributed by atoms with Crippen LogP contribution in [0.3, 0.4) is 0 Å². The SMILES string of the molecule is CCC(C)C1CN(CCS(=O)(=O)CC)C(C)CCN1. The van der Waals surface area contributed by atoms with Crippen LogP contribution < -0.4 is 5.32 Å². The maximum Gasteiger partial charge on any atom is 0.151 e. The van der Waals surface area contributed by atoms with Crippen LogP contribution in [0, 0.1) is 5.92 Å². The molecule has 1 heterocycles. The number of rotatable bonds is 6. The summed E-state index contributed by atoms with van der Waals surface area (Å²) in [4.78, 5) is 2.35. The highest BCUT2D eigenvalue weighted by Crippen LogP contribution is 2.16. The third-order valence-corrected chi connectivity index (χ3v) is 6.17. The summed E-state index contributed by atoms with van der Waals surface area (Å²) in [5.41, 5.74) is 0. The van der Waals surface area contributed by atoms with Crippen LogP contribution in [0.2, 0.25) is 0 Å². The van der Waals surface area contributed by atoms with Gasteiger partial charge in [-0.15, -0.1) is 0 Å². The zero-order chi connectivity index (χ0) is 14.5. The Balaban J connectivity index is 2.62. The molecule has 4 nitrogen and oxygen atoms in total. The van der Waals surface area contributed by atoms with Gasteiger partial charge in [-0.2, -0.15) is 0 Å². The third-order valence-electron chi connectivity index (χ3n) is 4.48. The molecule has 0 spiro atoms. The zero-order valence-corrected chi connectivity index (χ0v) is 13.7. The molecule has 0 saturated carbocycles. The lowest BCUT2D eigenvalue weighted by Gasteiger charge is -2.31. The standard InChI is InChI=1S/C14H30N2O2S/c1-5-12(3)14-11-16(13(4)7-8-15-14)9-10-19(17,18)6-2/h12-15H,5-11H2,1-4H3. The minimum atomic E-state index is -2.86. The van der Waals surface area contributed by atoms with Crippen molar-refractivity contribution in [2.75, 3.05) is 31.1 Å². The van der Waals surface area contributed by atoms with E-state index in [1.54, 1.807) is 6.92 Å². The van der Waals surface area contributed by atoms with Gasteiger partial charge in [0.2, 0.25) is 0 Å². The van der Waals surface area contributed by atoms with E-state index in [2.05, 4.69) is 31.0 Å². The van der Waals surface area contributed by atoms with Crippen molar-refractivity contribution in [3.05, 3.63) is 0 Å². The van der Waals surface area contributed by atoms with Gasteiger partial charge in [-0.05, 0) is 25.8 Å². The summed E-state index contributed by atoms with van der Waals surface area (Å²) in [5.74, 6) is 1.18. The van der Waals surface area contributed by atoms with Gasteiger partial charge < -0.3 is 5.32 Å². The van der Waals surface area contributed by atoms with Gasteiger partial charge in [0.25, 0.3) is 0 Å². The minimum absolute atomic E-state index is 0.252. The van der Waals surface area contributed by atoms with Crippen molar-refractivity contribution in [1.29, 1.82) is 0 Å². The summed E-state index contributed by atoms with van der Waals surface area (Å²) >= 11 is 0. The largest absolute Gasteiger partial charge is 0.312 e. The molecule has 1 rings (SSSR count). The molecule has 114 valence electrons. The van der Waals surface area contributed by atoms with Gasteiger partial charge in [0, 0.05) is 30.9 Å². The van der Waals surface area contributed by atoms with Gasteiger partial charge in [0.1, 0.15) is 0 Å². The van der Waals surface area contributed by atoms with Gasteiger partial charge >= 0.3 is 0 Å². The number of hydrogen-bond acceptors (Lipinski definition) is 4. The Bertz CT molecular complexity index is 356. The summed E-state index contributed by atoms with van der Waals surface area (Å²) in [7, 11) is -2.86. The Morgan fingerprint density at radius 2 is 2.05 bits per heavy atom. The van der Waals surface area contributed by atoms with Crippen molar-refractivity contribution in [3.8, 4) is 0 Å². The monoisotopic (exact) mass is 290 g/mol. The van der Waals surface area contributed by atoms with E-state index in [9.17, 15) is 8.42 Å². The van der Waals surface area contributed by atoms with Crippen LogP contribution >= 0.6 is 0 Å². The van der Waals surface area contributed by atoms with Crippen LogP contribution in [0.4, 0.5) is 0 Å². The molecule has 1 saturated heterocycles. The van der Waals surface area contributed by atoms with Crippen molar-refractivity contribution in [1.82, 2.24) is 10.2 Å². The Morgan fingerprint density at radius 1 is 1.37 bits per heavy atom. The molecule has 0 bridgehead atoms. The van der Waals surface area contributed by atoms with Gasteiger partial charge in [0.05, 0.1) is 5.75 Å². The first-order valence-corrected chi connectivity index (χ1v) is 9.39. The van der Waals surface area contributed by atoms with Crippen molar-refractivity contribution >= 4 is 9.84 Å². The van der Waals surface area contributed by atoms with Crippen molar-refractivity contribution in [3.63, 3.8) is 0 Å². The van der Waals surface area contributed by atoms with E-state index in [1.807, 2.05) is 0 Å². The van der Waals surface area contributed by atoms with E-state index in [0.29, 0.717) is 30.3 Å². The Kier molecular flexibility index (Phi) is 6.77. The second-order valence-electron chi connectivity index (χ2n) is 5.82. The topological polar surface area (TPSA) is 49.4 Å². The molecule has 1 N–H and O–H groups in total. The first-order chi connectivity index (χ1) is 8.89. The zero-order valence-electron chi connectivity index (χ0n) is 12.9. The van der Waals surface area contributed by atoms with E-state index < -0.39 is 9.84 Å². The Hall–Kier alpha value is -0.130. The molecule has 3 atom stereocenters. The number of hydrogen-bond donors (Lipinski definition) is 1. The molecule has 1 aliphatic rings. The molecule has 0 radical (unpaired) electrons. The van der Waals surface area contributed by atoms with E-state index in [-0.39, 0.29) is 5.75 Å². The summed E-state index contributed by atoms with van der Waals surface area (Å²) in [6.07, 6.45) is 2.26. The first kappa shape index (κ1) is 16.9. The predicted octanol–water partition coefficient (Wildman–Crippen LogP) is 1.52. The molecule has 5 heteroatoms. The summed E-state index contributed by atoms with van der Waals surface area (Å²) in [6.45, 7) is 11.1. The highest BCUT2D eigenvalue weighted by molar-refractivity contribution is 7.91. The average Bonchev–Trinajstić information content (AvgIpc) is 2.58. The van der Waals surface area contributed by atoms with Crippen LogP contribution in [-0.2, 0) is 9.84 Å². The average molecular weight is 290 g/mol. The van der Waals surface area contributed by atoms with E-state index >= 15 is 0 Å². The molecule has 0 aromatic rings. The van der Waals surface area contributed by atoms with Crippen LogP contribution in [0.1, 0.15) is 40.5 Å². The maximum atomic E-state index is 11.7. The fraction of sp³-hybridized carbons (Fsp3) is 1.00. The van der Waals surface area contributed by atoms with Gasteiger partial charge in [-0.3, -0.25) is 4.90 Å². The Morgan fingerprint density at radius 3 is 2.63 bits per heavy atom. The molecular formula is C14H30N2O2S.